The van der Waals surface area contributed by atoms with E-state index in [1.807, 2.05) is 0 Å². The van der Waals surface area contributed by atoms with E-state index in [0.717, 1.165) is 61.5 Å². The zero-order chi connectivity index (χ0) is 43.1. The molecule has 11 rings (SSSR count). The molecule has 7 aromatic carbocycles. The van der Waals surface area contributed by atoms with Gasteiger partial charge in [-0.05, 0) is 130 Å². The van der Waals surface area contributed by atoms with Crippen LogP contribution < -0.4 is 0 Å². The lowest BCUT2D eigenvalue weighted by Gasteiger charge is -2.31. The third-order valence-electron chi connectivity index (χ3n) is 12.7. The first-order valence-electron chi connectivity index (χ1n) is 21.8. The molecule has 2 aliphatic rings. The summed E-state index contributed by atoms with van der Waals surface area (Å²) in [5, 5.41) is 4.69. The van der Waals surface area contributed by atoms with Crippen molar-refractivity contribution in [2.24, 2.45) is 0 Å². The van der Waals surface area contributed by atoms with Crippen LogP contribution in [0, 0.1) is 0 Å². The van der Waals surface area contributed by atoms with Crippen LogP contribution in [0.5, 0.6) is 0 Å². The minimum Gasteiger partial charge on any atom is -0.326 e. The summed E-state index contributed by atoms with van der Waals surface area (Å²) < 4.78 is 4.71. The normalized spacial score (nSPS) is 19.6. The highest BCUT2D eigenvalue weighted by molar-refractivity contribution is 7.81. The monoisotopic (exact) mass is 839 g/mol. The van der Waals surface area contributed by atoms with Crippen LogP contribution >= 0.6 is 12.6 Å². The quantitative estimate of drug-likeness (QED) is 0.165. The Kier molecular flexibility index (Phi) is 10.1. The van der Waals surface area contributed by atoms with Gasteiger partial charge in [0.2, 0.25) is 0 Å². The maximum absolute atomic E-state index is 5.34. The molecule has 0 bridgehead atoms. The molecule has 0 fully saturated rings. The second-order valence-corrected chi connectivity index (χ2v) is 17.0. The predicted octanol–water partition coefficient (Wildman–Crippen LogP) is 15.3. The molecular weight excluding hydrogens is 795 g/mol. The molecule has 64 heavy (non-hydrogen) atoms. The lowest BCUT2D eigenvalue weighted by Crippen LogP contribution is -2.25. The minimum atomic E-state index is -0.0995. The van der Waals surface area contributed by atoms with Gasteiger partial charge in [0.1, 0.15) is 0 Å². The lowest BCUT2D eigenvalue weighted by molar-refractivity contribution is 0.577. The lowest BCUT2D eigenvalue weighted by atomic mass is 9.90. The predicted molar refractivity (Wildman–Crippen MR) is 275 cm³/mol. The molecule has 0 radical (unpaired) electrons. The van der Waals surface area contributed by atoms with Gasteiger partial charge in [0.15, 0.2) is 0 Å². The van der Waals surface area contributed by atoms with Crippen molar-refractivity contribution in [2.45, 2.75) is 11.2 Å². The summed E-state index contributed by atoms with van der Waals surface area (Å²) >= 11 is 5.34. The van der Waals surface area contributed by atoms with Gasteiger partial charge in [-0.2, -0.15) is 12.6 Å². The molecule has 0 N–H and O–H groups in total. The second-order valence-electron chi connectivity index (χ2n) is 16.5. The van der Waals surface area contributed by atoms with Crippen LogP contribution in [-0.2, 0) is 0 Å². The van der Waals surface area contributed by atoms with Crippen molar-refractivity contribution in [1.29, 1.82) is 0 Å². The maximum atomic E-state index is 5.34. The van der Waals surface area contributed by atoms with Crippen LogP contribution in [0.2, 0.25) is 0 Å². The smallest absolute Gasteiger partial charge is 0.0541 e. The number of rotatable bonds is 6. The first kappa shape index (κ1) is 39.1. The summed E-state index contributed by atoms with van der Waals surface area (Å²) in [6.07, 6.45) is 19.7. The highest BCUT2D eigenvalue weighted by atomic mass is 32.1. The van der Waals surface area contributed by atoms with Crippen LogP contribution in [0.25, 0.3) is 66.1 Å². The van der Waals surface area contributed by atoms with E-state index >= 15 is 0 Å². The van der Waals surface area contributed by atoms with Gasteiger partial charge >= 0.3 is 0 Å². The molecule has 1 aliphatic heterocycles. The molecule has 3 nitrogen and oxygen atoms in total. The first-order valence-corrected chi connectivity index (χ1v) is 22.3. The van der Waals surface area contributed by atoms with Gasteiger partial charge in [0.05, 0.1) is 27.3 Å². The van der Waals surface area contributed by atoms with E-state index in [4.69, 9.17) is 12.6 Å². The van der Waals surface area contributed by atoms with Gasteiger partial charge < -0.3 is 14.0 Å². The molecule has 3 heterocycles. The average Bonchev–Trinajstić information content (AvgIpc) is 3.85. The van der Waals surface area contributed by atoms with Crippen LogP contribution in [0.3, 0.4) is 0 Å². The highest BCUT2D eigenvalue weighted by Gasteiger charge is 2.26. The van der Waals surface area contributed by atoms with Crippen molar-refractivity contribution >= 4 is 67.4 Å². The maximum Gasteiger partial charge on any atom is 0.0541 e. The molecule has 0 saturated heterocycles. The number of hydrogen-bond donors (Lipinski definition) is 1. The highest BCUT2D eigenvalue weighted by Crippen LogP contribution is 2.39. The van der Waals surface area contributed by atoms with Gasteiger partial charge in [-0.15, -0.1) is 0 Å². The van der Waals surface area contributed by atoms with Gasteiger partial charge in [0, 0.05) is 56.9 Å². The Labute approximate surface area is 379 Å². The van der Waals surface area contributed by atoms with E-state index in [9.17, 15) is 0 Å². The Balaban J connectivity index is 1.06. The van der Waals surface area contributed by atoms with Gasteiger partial charge in [-0.1, -0.05) is 141 Å². The Morgan fingerprint density at radius 2 is 0.891 bits per heavy atom. The Morgan fingerprint density at radius 1 is 0.453 bits per heavy atom. The summed E-state index contributed by atoms with van der Waals surface area (Å²) in [4.78, 5) is 2.23. The van der Waals surface area contributed by atoms with E-state index in [2.05, 4.69) is 258 Å². The van der Waals surface area contributed by atoms with Gasteiger partial charge in [-0.25, -0.2) is 0 Å². The van der Waals surface area contributed by atoms with E-state index < -0.39 is 0 Å². The van der Waals surface area contributed by atoms with Crippen molar-refractivity contribution in [1.82, 2.24) is 14.0 Å². The third-order valence-corrected chi connectivity index (χ3v) is 13.2. The fourth-order valence-electron chi connectivity index (χ4n) is 9.44. The molecule has 306 valence electrons. The topological polar surface area (TPSA) is 13.1 Å². The molecule has 0 spiro atoms. The van der Waals surface area contributed by atoms with E-state index in [1.54, 1.807) is 0 Å². The number of hydrogen-bond acceptors (Lipinski definition) is 2. The number of fused-ring (bicyclic) bond motifs is 6. The standard InChI is InChI=1S/C60H45N3S/c1-41-37-46(44-29-31-57-53(39-44)51-23-12-14-26-55(51)62(57)48-19-8-4-9-20-48)33-35-61(59-28-16-25-50(60(59)64)43-17-6-3-7-18-43)36-34-47(38-42(41)2)45-30-32-58-54(40-45)52-24-13-15-27-56(52)63(58)49-21-10-5-11-22-49/h3-40,50,60,64H,1-2H2/b35-33-,36-34-,46-37+,47-38+. The summed E-state index contributed by atoms with van der Waals surface area (Å²) in [5.74, 6) is 0.0998. The SMILES string of the molecule is C=C1/C=C(c2ccc3c(c2)c2ccccc2n3-c2ccccc2)\C=C/N(C2=CC=CC(c3ccccc3)C2S)/C=C\C(c2ccc3c(c2)c2ccccc2n3-c2ccccc2)=C/C1=C. The molecule has 2 unspecified atom stereocenters. The fourth-order valence-corrected chi connectivity index (χ4v) is 9.93. The van der Waals surface area contributed by atoms with E-state index in [-0.39, 0.29) is 11.2 Å². The molecule has 4 heteroatoms. The third kappa shape index (κ3) is 6.99. The molecule has 1 aliphatic carbocycles. The van der Waals surface area contributed by atoms with Crippen molar-refractivity contribution < 1.29 is 0 Å². The summed E-state index contributed by atoms with van der Waals surface area (Å²) in [7, 11) is 0. The zero-order valence-corrected chi connectivity index (χ0v) is 36.2. The van der Waals surface area contributed by atoms with Crippen molar-refractivity contribution in [3.05, 3.63) is 278 Å². The number of nitrogens with zero attached hydrogens (tertiary/aromatic N) is 3. The van der Waals surface area contributed by atoms with Crippen molar-refractivity contribution in [2.75, 3.05) is 0 Å². The van der Waals surface area contributed by atoms with E-state index in [1.165, 1.54) is 38.1 Å². The number of para-hydroxylation sites is 4. The van der Waals surface area contributed by atoms with Crippen molar-refractivity contribution in [3.8, 4) is 11.4 Å². The van der Waals surface area contributed by atoms with Crippen LogP contribution in [-0.4, -0.2) is 19.3 Å². The Bertz CT molecular complexity index is 3290. The van der Waals surface area contributed by atoms with Crippen LogP contribution in [0.15, 0.2) is 261 Å². The summed E-state index contributed by atoms with van der Waals surface area (Å²) in [5.41, 5.74) is 15.1. The molecular formula is C60H45N3S. The number of thiol groups is 1. The largest absolute Gasteiger partial charge is 0.326 e. The average molecular weight is 840 g/mol. The fraction of sp³-hybridized carbons (Fsp3) is 0.0333. The molecule has 9 aromatic rings. The van der Waals surface area contributed by atoms with Crippen LogP contribution in [0.4, 0.5) is 0 Å². The Hall–Kier alpha value is -7.79. The van der Waals surface area contributed by atoms with Crippen molar-refractivity contribution in [3.63, 3.8) is 0 Å². The number of allylic oxidation sites excluding steroid dienone is 11. The van der Waals surface area contributed by atoms with Crippen LogP contribution in [0.1, 0.15) is 22.6 Å². The Morgan fingerprint density at radius 3 is 1.39 bits per heavy atom. The van der Waals surface area contributed by atoms with Gasteiger partial charge in [0.25, 0.3) is 0 Å². The molecule has 0 amide bonds. The first-order chi connectivity index (χ1) is 31.5. The van der Waals surface area contributed by atoms with E-state index in [0.29, 0.717) is 0 Å². The second kappa shape index (κ2) is 16.5. The summed E-state index contributed by atoms with van der Waals surface area (Å²) in [6.45, 7) is 9.24. The number of benzene rings is 7. The molecule has 2 atom stereocenters. The number of aromatic nitrogens is 2. The zero-order valence-electron chi connectivity index (χ0n) is 35.3. The minimum absolute atomic E-state index is 0.0995. The molecule has 0 saturated carbocycles. The van der Waals surface area contributed by atoms with Gasteiger partial charge in [-0.3, -0.25) is 0 Å². The molecule has 2 aromatic heterocycles. The summed E-state index contributed by atoms with van der Waals surface area (Å²) in [6, 6.07) is 62.8.